The Bertz CT molecular complexity index is 624. The fourth-order valence-corrected chi connectivity index (χ4v) is 3.09. The molecule has 0 bridgehead atoms. The lowest BCUT2D eigenvalue weighted by Gasteiger charge is -2.29. The second kappa shape index (κ2) is 5.33. The van der Waals surface area contributed by atoms with E-state index in [0.717, 1.165) is 28.6 Å². The number of amides is 1. The Hall–Kier alpha value is -1.36. The summed E-state index contributed by atoms with van der Waals surface area (Å²) in [6, 6.07) is 16.2. The highest BCUT2D eigenvalue weighted by Gasteiger charge is 2.22. The van der Waals surface area contributed by atoms with E-state index >= 15 is 0 Å². The number of benzene rings is 2. The molecule has 2 aromatic carbocycles. The quantitative estimate of drug-likeness (QED) is 0.711. The number of carbonyl (C=O) groups excluding carboxylic acids is 1. The van der Waals surface area contributed by atoms with Crippen molar-refractivity contribution in [1.82, 2.24) is 4.90 Å². The molecule has 1 heterocycles. The van der Waals surface area contributed by atoms with Gasteiger partial charge in [-0.25, -0.2) is 0 Å². The summed E-state index contributed by atoms with van der Waals surface area (Å²) in [7, 11) is 0. The lowest BCUT2D eigenvalue weighted by atomic mass is 9.99. The highest BCUT2D eigenvalue weighted by Crippen LogP contribution is 2.21. The van der Waals surface area contributed by atoms with Gasteiger partial charge in [0.05, 0.1) is 5.56 Å². The number of halogens is 1. The van der Waals surface area contributed by atoms with Crippen LogP contribution in [-0.4, -0.2) is 17.4 Å². The number of rotatable bonds is 1. The molecule has 0 atom stereocenters. The van der Waals surface area contributed by atoms with E-state index in [4.69, 9.17) is 0 Å². The Morgan fingerprint density at radius 1 is 1.00 bits per heavy atom. The minimum atomic E-state index is 0.138. The van der Waals surface area contributed by atoms with Crippen LogP contribution in [0.2, 0.25) is 0 Å². The zero-order chi connectivity index (χ0) is 13.2. The van der Waals surface area contributed by atoms with Gasteiger partial charge in [-0.2, -0.15) is 0 Å². The van der Waals surface area contributed by atoms with Crippen molar-refractivity contribution in [3.05, 3.63) is 68.8 Å². The lowest BCUT2D eigenvalue weighted by Crippen LogP contribution is -2.36. The normalized spacial score (nSPS) is 14.1. The van der Waals surface area contributed by atoms with Crippen molar-refractivity contribution in [1.29, 1.82) is 0 Å². The Morgan fingerprint density at radius 3 is 2.47 bits per heavy atom. The molecule has 19 heavy (non-hydrogen) atoms. The van der Waals surface area contributed by atoms with Gasteiger partial charge in [0.2, 0.25) is 0 Å². The average Bonchev–Trinajstić information content (AvgIpc) is 2.46. The Morgan fingerprint density at radius 2 is 1.68 bits per heavy atom. The molecule has 0 aromatic heterocycles. The maximum absolute atomic E-state index is 12.6. The first-order valence-electron chi connectivity index (χ1n) is 6.36. The molecule has 0 fully saturated rings. The molecule has 3 rings (SSSR count). The second-order valence-corrected chi connectivity index (χ2v) is 5.89. The van der Waals surface area contributed by atoms with Gasteiger partial charge in [0.15, 0.2) is 0 Å². The van der Waals surface area contributed by atoms with Crippen LogP contribution in [0.15, 0.2) is 48.5 Å². The van der Waals surface area contributed by atoms with Crippen molar-refractivity contribution in [3.8, 4) is 0 Å². The predicted molar refractivity (Wildman–Crippen MR) is 84.0 cm³/mol. The molecule has 0 aliphatic carbocycles. The molecule has 0 radical (unpaired) electrons. The van der Waals surface area contributed by atoms with Crippen LogP contribution < -0.4 is 0 Å². The van der Waals surface area contributed by atoms with Gasteiger partial charge in [0, 0.05) is 16.7 Å². The molecule has 0 spiro atoms. The van der Waals surface area contributed by atoms with Crippen LogP contribution in [0.1, 0.15) is 21.5 Å². The molecule has 0 saturated heterocycles. The molecule has 2 aromatic rings. The Balaban J connectivity index is 1.86. The summed E-state index contributed by atoms with van der Waals surface area (Å²) in [5.74, 6) is 0.138. The molecule has 3 heteroatoms. The van der Waals surface area contributed by atoms with Crippen molar-refractivity contribution < 1.29 is 4.79 Å². The molecular formula is C16H14INO. The zero-order valence-corrected chi connectivity index (χ0v) is 12.6. The van der Waals surface area contributed by atoms with Crippen LogP contribution in [0.3, 0.4) is 0 Å². The fourth-order valence-electron chi connectivity index (χ4n) is 2.47. The molecule has 1 aliphatic rings. The van der Waals surface area contributed by atoms with E-state index < -0.39 is 0 Å². The van der Waals surface area contributed by atoms with Crippen molar-refractivity contribution in [2.24, 2.45) is 0 Å². The summed E-state index contributed by atoms with van der Waals surface area (Å²) < 4.78 is 1.02. The molecule has 0 unspecified atom stereocenters. The van der Waals surface area contributed by atoms with Gasteiger partial charge in [0.25, 0.3) is 5.91 Å². The summed E-state index contributed by atoms with van der Waals surface area (Å²) in [4.78, 5) is 14.5. The molecule has 2 nitrogen and oxygen atoms in total. The summed E-state index contributed by atoms with van der Waals surface area (Å²) in [5.41, 5.74) is 3.45. The van der Waals surface area contributed by atoms with E-state index in [-0.39, 0.29) is 5.91 Å². The van der Waals surface area contributed by atoms with Gasteiger partial charge in [0.1, 0.15) is 0 Å². The number of hydrogen-bond donors (Lipinski definition) is 0. The van der Waals surface area contributed by atoms with Gasteiger partial charge in [-0.15, -0.1) is 0 Å². The summed E-state index contributed by atoms with van der Waals surface area (Å²) in [5, 5.41) is 0. The van der Waals surface area contributed by atoms with E-state index in [2.05, 4.69) is 40.8 Å². The lowest BCUT2D eigenvalue weighted by molar-refractivity contribution is 0.0733. The van der Waals surface area contributed by atoms with Gasteiger partial charge in [-0.3, -0.25) is 4.79 Å². The standard InChI is InChI=1S/C16H14INO/c17-15-8-4-3-7-14(15)16(19)18-10-9-12-5-1-2-6-13(12)11-18/h1-8H,9-11H2. The Labute approximate surface area is 126 Å². The van der Waals surface area contributed by atoms with E-state index in [1.54, 1.807) is 0 Å². The zero-order valence-electron chi connectivity index (χ0n) is 10.5. The van der Waals surface area contributed by atoms with Crippen LogP contribution in [0.4, 0.5) is 0 Å². The highest BCUT2D eigenvalue weighted by molar-refractivity contribution is 14.1. The van der Waals surface area contributed by atoms with E-state index in [1.165, 1.54) is 11.1 Å². The SMILES string of the molecule is O=C(c1ccccc1I)N1CCc2ccccc2C1. The fraction of sp³-hybridized carbons (Fsp3) is 0.188. The first-order chi connectivity index (χ1) is 9.25. The molecular weight excluding hydrogens is 349 g/mol. The van der Waals surface area contributed by atoms with Crippen molar-refractivity contribution >= 4 is 28.5 Å². The monoisotopic (exact) mass is 363 g/mol. The molecule has 0 N–H and O–H groups in total. The van der Waals surface area contributed by atoms with E-state index in [0.29, 0.717) is 0 Å². The van der Waals surface area contributed by atoms with Gasteiger partial charge in [-0.1, -0.05) is 36.4 Å². The third-order valence-corrected chi connectivity index (χ3v) is 4.46. The predicted octanol–water partition coefficient (Wildman–Crippen LogP) is 3.49. The largest absolute Gasteiger partial charge is 0.334 e. The first-order valence-corrected chi connectivity index (χ1v) is 7.44. The van der Waals surface area contributed by atoms with Crippen molar-refractivity contribution in [2.75, 3.05) is 6.54 Å². The molecule has 1 amide bonds. The van der Waals surface area contributed by atoms with E-state index in [1.807, 2.05) is 35.2 Å². The van der Waals surface area contributed by atoms with Crippen LogP contribution in [0, 0.1) is 3.57 Å². The summed E-state index contributed by atoms with van der Waals surface area (Å²) >= 11 is 2.22. The average molecular weight is 363 g/mol. The Kier molecular flexibility index (Phi) is 3.55. The minimum absolute atomic E-state index is 0.138. The maximum Gasteiger partial charge on any atom is 0.255 e. The first kappa shape index (κ1) is 12.7. The van der Waals surface area contributed by atoms with Gasteiger partial charge >= 0.3 is 0 Å². The number of carbonyl (C=O) groups is 1. The topological polar surface area (TPSA) is 20.3 Å². The van der Waals surface area contributed by atoms with Crippen LogP contribution >= 0.6 is 22.6 Å². The molecule has 1 aliphatic heterocycles. The third kappa shape index (κ3) is 2.52. The minimum Gasteiger partial charge on any atom is -0.334 e. The summed E-state index contributed by atoms with van der Waals surface area (Å²) in [6.07, 6.45) is 0.950. The van der Waals surface area contributed by atoms with Crippen LogP contribution in [0.25, 0.3) is 0 Å². The number of nitrogens with zero attached hydrogens (tertiary/aromatic N) is 1. The van der Waals surface area contributed by atoms with Crippen molar-refractivity contribution in [3.63, 3.8) is 0 Å². The van der Waals surface area contributed by atoms with Crippen LogP contribution in [-0.2, 0) is 13.0 Å². The van der Waals surface area contributed by atoms with Crippen LogP contribution in [0.5, 0.6) is 0 Å². The molecule has 0 saturated carbocycles. The number of fused-ring (bicyclic) bond motifs is 1. The van der Waals surface area contributed by atoms with Gasteiger partial charge in [-0.05, 0) is 52.3 Å². The smallest absolute Gasteiger partial charge is 0.255 e. The van der Waals surface area contributed by atoms with Gasteiger partial charge < -0.3 is 4.90 Å². The molecule has 96 valence electrons. The van der Waals surface area contributed by atoms with E-state index in [9.17, 15) is 4.79 Å². The maximum atomic E-state index is 12.6. The number of hydrogen-bond acceptors (Lipinski definition) is 1. The summed E-state index contributed by atoms with van der Waals surface area (Å²) in [6.45, 7) is 1.53. The van der Waals surface area contributed by atoms with Crippen molar-refractivity contribution in [2.45, 2.75) is 13.0 Å². The highest BCUT2D eigenvalue weighted by atomic mass is 127. The third-order valence-electron chi connectivity index (χ3n) is 3.52. The second-order valence-electron chi connectivity index (χ2n) is 4.73.